The Balaban J connectivity index is 2.08. The summed E-state index contributed by atoms with van der Waals surface area (Å²) in [5.74, 6) is 2.69. The number of hydrogen-bond donors (Lipinski definition) is 1. The maximum atomic E-state index is 9.96. The standard InChI is InChI=1S/C19H36O5Si/c1-6-25(7-2,8-3)13-9-10-17(20)14-21-11-12-22-15-18-16-23-19(4,5)24-18/h17-18,20H,6-8,10-12,14-16H2,1-5H3/t17-,18-/m1/s1. The lowest BCUT2D eigenvalue weighted by molar-refractivity contribution is -0.145. The SMILES string of the molecule is CC[Si](C#CC[C@@H](O)COCCOC[C@@H]1COC(C)(C)O1)(CC)CC. The highest BCUT2D eigenvalue weighted by Gasteiger charge is 2.32. The summed E-state index contributed by atoms with van der Waals surface area (Å²) < 4.78 is 22.1. The minimum Gasteiger partial charge on any atom is -0.390 e. The first-order chi connectivity index (χ1) is 11.9. The third-order valence-electron chi connectivity index (χ3n) is 4.77. The van der Waals surface area contributed by atoms with E-state index in [1.165, 1.54) is 18.1 Å². The van der Waals surface area contributed by atoms with Gasteiger partial charge in [-0.05, 0) is 32.0 Å². The van der Waals surface area contributed by atoms with E-state index < -0.39 is 20.0 Å². The van der Waals surface area contributed by atoms with Gasteiger partial charge in [-0.3, -0.25) is 0 Å². The zero-order valence-electron chi connectivity index (χ0n) is 16.6. The molecule has 1 aliphatic rings. The zero-order valence-corrected chi connectivity index (χ0v) is 17.6. The molecule has 1 rings (SSSR count). The molecule has 1 saturated heterocycles. The monoisotopic (exact) mass is 372 g/mol. The second kappa shape index (κ2) is 11.3. The molecule has 0 bridgehead atoms. The van der Waals surface area contributed by atoms with E-state index in [9.17, 15) is 5.11 Å². The summed E-state index contributed by atoms with van der Waals surface area (Å²) in [5.41, 5.74) is 3.48. The first-order valence-corrected chi connectivity index (χ1v) is 12.1. The van der Waals surface area contributed by atoms with Crippen molar-refractivity contribution in [2.45, 2.75) is 77.2 Å². The van der Waals surface area contributed by atoms with Crippen molar-refractivity contribution in [3.05, 3.63) is 0 Å². The fourth-order valence-corrected chi connectivity index (χ4v) is 5.34. The third kappa shape index (κ3) is 8.67. The van der Waals surface area contributed by atoms with Crippen molar-refractivity contribution in [1.82, 2.24) is 0 Å². The molecule has 1 fully saturated rings. The van der Waals surface area contributed by atoms with Crippen LogP contribution in [0.4, 0.5) is 0 Å². The second-order valence-electron chi connectivity index (χ2n) is 7.10. The lowest BCUT2D eigenvalue weighted by atomic mass is 10.3. The number of aliphatic hydroxyl groups excluding tert-OH is 1. The van der Waals surface area contributed by atoms with E-state index in [1.54, 1.807) is 0 Å². The van der Waals surface area contributed by atoms with Gasteiger partial charge in [0.1, 0.15) is 14.2 Å². The van der Waals surface area contributed by atoms with Crippen LogP contribution in [0.25, 0.3) is 0 Å². The molecule has 0 aromatic carbocycles. The molecular weight excluding hydrogens is 336 g/mol. The van der Waals surface area contributed by atoms with Gasteiger partial charge >= 0.3 is 0 Å². The lowest BCUT2D eigenvalue weighted by Gasteiger charge is -2.20. The molecule has 0 saturated carbocycles. The smallest absolute Gasteiger partial charge is 0.163 e. The molecule has 0 aromatic heterocycles. The molecule has 0 amide bonds. The van der Waals surface area contributed by atoms with Crippen molar-refractivity contribution in [3.8, 4) is 11.5 Å². The Hall–Kier alpha value is -0.423. The van der Waals surface area contributed by atoms with Crippen LogP contribution in [0.1, 0.15) is 41.0 Å². The quantitative estimate of drug-likeness (QED) is 0.343. The van der Waals surface area contributed by atoms with Gasteiger partial charge in [-0.15, -0.1) is 11.5 Å². The fraction of sp³-hybridized carbons (Fsp3) is 0.895. The molecule has 0 aliphatic carbocycles. The summed E-state index contributed by atoms with van der Waals surface area (Å²) in [7, 11) is -1.41. The number of rotatable bonds is 11. The molecule has 1 heterocycles. The predicted molar refractivity (Wildman–Crippen MR) is 102 cm³/mol. The summed E-state index contributed by atoms with van der Waals surface area (Å²) in [6.45, 7) is 12.8. The van der Waals surface area contributed by atoms with Gasteiger partial charge in [0, 0.05) is 6.42 Å². The van der Waals surface area contributed by atoms with Gasteiger partial charge in [-0.25, -0.2) is 0 Å². The van der Waals surface area contributed by atoms with Crippen molar-refractivity contribution < 1.29 is 24.1 Å². The van der Waals surface area contributed by atoms with Crippen LogP contribution in [0.2, 0.25) is 18.1 Å². The average Bonchev–Trinajstić information content (AvgIpc) is 2.94. The highest BCUT2D eigenvalue weighted by molar-refractivity contribution is 6.87. The molecule has 6 heteroatoms. The molecule has 0 unspecified atom stereocenters. The molecule has 5 nitrogen and oxygen atoms in total. The Morgan fingerprint density at radius 2 is 1.80 bits per heavy atom. The molecule has 0 aromatic rings. The van der Waals surface area contributed by atoms with E-state index >= 15 is 0 Å². The number of hydrogen-bond acceptors (Lipinski definition) is 5. The molecule has 1 aliphatic heterocycles. The maximum Gasteiger partial charge on any atom is 0.163 e. The van der Waals surface area contributed by atoms with Gasteiger partial charge in [0.2, 0.25) is 0 Å². The van der Waals surface area contributed by atoms with Crippen molar-refractivity contribution in [2.75, 3.05) is 33.0 Å². The summed E-state index contributed by atoms with van der Waals surface area (Å²) in [6.07, 6.45) is -0.0640. The Morgan fingerprint density at radius 1 is 1.16 bits per heavy atom. The van der Waals surface area contributed by atoms with Gasteiger partial charge in [-0.2, -0.15) is 0 Å². The van der Waals surface area contributed by atoms with Gasteiger partial charge in [0.25, 0.3) is 0 Å². The Kier molecular flexibility index (Phi) is 10.2. The molecule has 2 atom stereocenters. The predicted octanol–water partition coefficient (Wildman–Crippen LogP) is 2.97. The molecule has 0 spiro atoms. The van der Waals surface area contributed by atoms with Crippen LogP contribution in [0.5, 0.6) is 0 Å². The minimum absolute atomic E-state index is 0.0176. The first-order valence-electron chi connectivity index (χ1n) is 9.51. The summed E-state index contributed by atoms with van der Waals surface area (Å²) in [6, 6.07) is 3.55. The van der Waals surface area contributed by atoms with Crippen LogP contribution in [0.15, 0.2) is 0 Å². The first kappa shape index (κ1) is 22.6. The summed E-state index contributed by atoms with van der Waals surface area (Å²) in [5, 5.41) is 9.96. The molecule has 146 valence electrons. The van der Waals surface area contributed by atoms with Gasteiger partial charge in [0.15, 0.2) is 5.79 Å². The Labute approximate surface area is 154 Å². The van der Waals surface area contributed by atoms with E-state index in [2.05, 4.69) is 32.2 Å². The van der Waals surface area contributed by atoms with Crippen molar-refractivity contribution in [3.63, 3.8) is 0 Å². The van der Waals surface area contributed by atoms with Crippen molar-refractivity contribution in [1.29, 1.82) is 0 Å². The summed E-state index contributed by atoms with van der Waals surface area (Å²) in [4.78, 5) is 0. The molecule has 0 radical (unpaired) electrons. The molecule has 1 N–H and O–H groups in total. The van der Waals surface area contributed by atoms with Crippen LogP contribution >= 0.6 is 0 Å². The third-order valence-corrected chi connectivity index (χ3v) is 9.54. The van der Waals surface area contributed by atoms with Crippen molar-refractivity contribution >= 4 is 8.07 Å². The zero-order chi connectivity index (χ0) is 18.8. The maximum absolute atomic E-state index is 9.96. The second-order valence-corrected chi connectivity index (χ2v) is 12.0. The van der Waals surface area contributed by atoms with Crippen LogP contribution < -0.4 is 0 Å². The molecular formula is C19H36O5Si. The largest absolute Gasteiger partial charge is 0.390 e. The van der Waals surface area contributed by atoms with E-state index in [0.717, 1.165) is 0 Å². The number of ether oxygens (including phenoxy) is 4. The van der Waals surface area contributed by atoms with E-state index in [-0.39, 0.29) is 6.10 Å². The average molecular weight is 373 g/mol. The molecule has 25 heavy (non-hydrogen) atoms. The van der Waals surface area contributed by atoms with Crippen LogP contribution in [-0.2, 0) is 18.9 Å². The lowest BCUT2D eigenvalue weighted by Crippen LogP contribution is -2.29. The van der Waals surface area contributed by atoms with Gasteiger partial charge in [-0.1, -0.05) is 20.8 Å². The number of aliphatic hydroxyl groups is 1. The minimum atomic E-state index is -1.41. The van der Waals surface area contributed by atoms with Gasteiger partial charge in [0.05, 0.1) is 39.1 Å². The van der Waals surface area contributed by atoms with E-state index in [0.29, 0.717) is 39.5 Å². The fourth-order valence-electron chi connectivity index (χ4n) is 2.83. The van der Waals surface area contributed by atoms with Crippen LogP contribution in [-0.4, -0.2) is 64.2 Å². The Morgan fingerprint density at radius 3 is 2.36 bits per heavy atom. The van der Waals surface area contributed by atoms with Crippen LogP contribution in [0, 0.1) is 11.5 Å². The highest BCUT2D eigenvalue weighted by atomic mass is 28.3. The van der Waals surface area contributed by atoms with E-state index in [1.807, 2.05) is 13.8 Å². The normalized spacial score (nSPS) is 21.0. The summed E-state index contributed by atoms with van der Waals surface area (Å²) >= 11 is 0. The highest BCUT2D eigenvalue weighted by Crippen LogP contribution is 2.22. The topological polar surface area (TPSA) is 57.2 Å². The van der Waals surface area contributed by atoms with Crippen molar-refractivity contribution in [2.24, 2.45) is 0 Å². The van der Waals surface area contributed by atoms with Gasteiger partial charge < -0.3 is 24.1 Å². The van der Waals surface area contributed by atoms with E-state index in [4.69, 9.17) is 18.9 Å². The van der Waals surface area contributed by atoms with Crippen LogP contribution in [0.3, 0.4) is 0 Å². The Bertz CT molecular complexity index is 417.